The first-order chi connectivity index (χ1) is 19.3. The van der Waals surface area contributed by atoms with Crippen molar-refractivity contribution in [3.05, 3.63) is 64.4 Å². The highest BCUT2D eigenvalue weighted by Gasteiger charge is 2.31. The lowest BCUT2D eigenvalue weighted by atomic mass is 9.85. The molecule has 0 spiro atoms. The summed E-state index contributed by atoms with van der Waals surface area (Å²) in [5, 5.41) is 2.15. The number of allylic oxidation sites excluding steroid dienone is 3. The van der Waals surface area contributed by atoms with Gasteiger partial charge in [-0.3, -0.25) is 14.4 Å². The molecule has 1 aliphatic rings. The van der Waals surface area contributed by atoms with E-state index in [2.05, 4.69) is 0 Å². The number of fused-ring (bicyclic) bond motifs is 1. The van der Waals surface area contributed by atoms with Gasteiger partial charge in [0.15, 0.2) is 11.5 Å². The molecule has 0 bridgehead atoms. The van der Waals surface area contributed by atoms with E-state index in [1.807, 2.05) is 50.2 Å². The van der Waals surface area contributed by atoms with Crippen molar-refractivity contribution in [1.82, 2.24) is 0 Å². The lowest BCUT2D eigenvalue weighted by Gasteiger charge is -2.20. The van der Waals surface area contributed by atoms with Crippen LogP contribution in [0.1, 0.15) is 96.5 Å². The third-order valence-electron chi connectivity index (χ3n) is 7.87. The number of methoxy groups -OCH3 is 2. The van der Waals surface area contributed by atoms with Gasteiger partial charge in [0.25, 0.3) is 0 Å². The maximum Gasteiger partial charge on any atom is 0.313 e. The SMILES string of the molecule is CCC1=C(OC)C(=O)C(C)=C(CCCCCCCCCCOC(=O)C(C)c2ccc3cc(OC)ccc3c2)C1=O. The molecule has 1 aliphatic carbocycles. The predicted molar refractivity (Wildman–Crippen MR) is 158 cm³/mol. The summed E-state index contributed by atoms with van der Waals surface area (Å²) in [4.78, 5) is 37.9. The average Bonchev–Trinajstić information content (AvgIpc) is 2.97. The number of carbonyl (C=O) groups is 3. The maximum absolute atomic E-state index is 12.8. The molecule has 2 aromatic rings. The molecular weight excluding hydrogens is 504 g/mol. The van der Waals surface area contributed by atoms with Gasteiger partial charge >= 0.3 is 5.97 Å². The first-order valence-corrected chi connectivity index (χ1v) is 14.6. The molecule has 3 rings (SSSR count). The van der Waals surface area contributed by atoms with Crippen LogP contribution in [0.4, 0.5) is 0 Å². The van der Waals surface area contributed by atoms with E-state index in [0.717, 1.165) is 73.5 Å². The second-order valence-corrected chi connectivity index (χ2v) is 10.6. The van der Waals surface area contributed by atoms with Gasteiger partial charge in [-0.15, -0.1) is 0 Å². The second kappa shape index (κ2) is 15.4. The van der Waals surface area contributed by atoms with Crippen LogP contribution in [0.5, 0.6) is 5.75 Å². The van der Waals surface area contributed by atoms with Crippen LogP contribution in [0.2, 0.25) is 0 Å². The number of ether oxygens (including phenoxy) is 3. The molecule has 0 saturated carbocycles. The van der Waals surface area contributed by atoms with E-state index in [1.165, 1.54) is 7.11 Å². The van der Waals surface area contributed by atoms with Gasteiger partial charge in [0.1, 0.15) is 5.75 Å². The number of hydrogen-bond donors (Lipinski definition) is 0. The van der Waals surface area contributed by atoms with E-state index < -0.39 is 0 Å². The first-order valence-electron chi connectivity index (χ1n) is 14.6. The van der Waals surface area contributed by atoms with Gasteiger partial charge in [-0.1, -0.05) is 69.7 Å². The number of Topliss-reactive ketones (excluding diaryl/α,β-unsaturated/α-hetero) is 2. The van der Waals surface area contributed by atoms with Gasteiger partial charge in [-0.2, -0.15) is 0 Å². The van der Waals surface area contributed by atoms with Crippen molar-refractivity contribution in [2.45, 2.75) is 90.9 Å². The summed E-state index contributed by atoms with van der Waals surface area (Å²) in [5.41, 5.74) is 2.65. The number of benzene rings is 2. The zero-order valence-corrected chi connectivity index (χ0v) is 24.8. The highest BCUT2D eigenvalue weighted by Crippen LogP contribution is 2.30. The fraction of sp³-hybridized carbons (Fsp3) is 0.500. The van der Waals surface area contributed by atoms with Crippen LogP contribution in [0.3, 0.4) is 0 Å². The Morgan fingerprint density at radius 3 is 2.05 bits per heavy atom. The average molecular weight is 549 g/mol. The van der Waals surface area contributed by atoms with E-state index in [9.17, 15) is 14.4 Å². The van der Waals surface area contributed by atoms with E-state index >= 15 is 0 Å². The summed E-state index contributed by atoms with van der Waals surface area (Å²) in [6.07, 6.45) is 9.52. The molecule has 2 aromatic carbocycles. The van der Waals surface area contributed by atoms with E-state index in [-0.39, 0.29) is 29.2 Å². The van der Waals surface area contributed by atoms with Crippen molar-refractivity contribution in [2.75, 3.05) is 20.8 Å². The molecular formula is C34H44O6. The quantitative estimate of drug-likeness (QED) is 0.121. The molecule has 1 unspecified atom stereocenters. The van der Waals surface area contributed by atoms with Crippen molar-refractivity contribution in [2.24, 2.45) is 0 Å². The molecule has 216 valence electrons. The summed E-state index contributed by atoms with van der Waals surface area (Å²) >= 11 is 0. The molecule has 0 N–H and O–H groups in total. The molecule has 0 aliphatic heterocycles. The maximum atomic E-state index is 12.8. The highest BCUT2D eigenvalue weighted by atomic mass is 16.5. The zero-order chi connectivity index (χ0) is 29.1. The Morgan fingerprint density at radius 2 is 1.40 bits per heavy atom. The molecule has 0 saturated heterocycles. The summed E-state index contributed by atoms with van der Waals surface area (Å²) in [7, 11) is 3.10. The Balaban J connectivity index is 1.27. The van der Waals surface area contributed by atoms with Crippen LogP contribution in [0, 0.1) is 0 Å². The number of rotatable bonds is 16. The van der Waals surface area contributed by atoms with Crippen LogP contribution in [0.15, 0.2) is 58.9 Å². The zero-order valence-electron chi connectivity index (χ0n) is 24.8. The van der Waals surface area contributed by atoms with Gasteiger partial charge in [-0.05, 0) is 68.0 Å². The molecule has 0 aromatic heterocycles. The molecule has 6 nitrogen and oxygen atoms in total. The molecule has 40 heavy (non-hydrogen) atoms. The van der Waals surface area contributed by atoms with Crippen LogP contribution >= 0.6 is 0 Å². The van der Waals surface area contributed by atoms with Crippen molar-refractivity contribution >= 4 is 28.3 Å². The van der Waals surface area contributed by atoms with Crippen molar-refractivity contribution in [3.8, 4) is 5.75 Å². The van der Waals surface area contributed by atoms with Crippen LogP contribution in [0.25, 0.3) is 10.8 Å². The van der Waals surface area contributed by atoms with Gasteiger partial charge in [0, 0.05) is 16.7 Å². The summed E-state index contributed by atoms with van der Waals surface area (Å²) in [5.74, 6) is 0.367. The van der Waals surface area contributed by atoms with Gasteiger partial charge in [-0.25, -0.2) is 0 Å². The van der Waals surface area contributed by atoms with Crippen LogP contribution < -0.4 is 4.74 Å². The summed E-state index contributed by atoms with van der Waals surface area (Å²) < 4.78 is 16.0. The molecule has 0 amide bonds. The van der Waals surface area contributed by atoms with E-state index in [4.69, 9.17) is 14.2 Å². The highest BCUT2D eigenvalue weighted by molar-refractivity contribution is 6.24. The Hall–Kier alpha value is -3.41. The predicted octanol–water partition coefficient (Wildman–Crippen LogP) is 7.78. The standard InChI is InChI=1S/C34H44O6/c1-6-29-32(36)30(24(3)31(35)33(29)39-5)15-13-11-9-7-8-10-12-14-20-40-34(37)23(2)25-16-17-27-22-28(38-4)19-18-26(27)21-25/h16-19,21-23H,6-15,20H2,1-5H3. The normalized spacial score (nSPS) is 14.6. The van der Waals surface area contributed by atoms with Gasteiger partial charge in [0.05, 0.1) is 26.7 Å². The number of unbranched alkanes of at least 4 members (excludes halogenated alkanes) is 7. The fourth-order valence-corrected chi connectivity index (χ4v) is 5.27. The smallest absolute Gasteiger partial charge is 0.313 e. The third-order valence-corrected chi connectivity index (χ3v) is 7.87. The van der Waals surface area contributed by atoms with Crippen LogP contribution in [-0.2, 0) is 23.9 Å². The van der Waals surface area contributed by atoms with Crippen molar-refractivity contribution in [1.29, 1.82) is 0 Å². The number of esters is 1. The Bertz CT molecular complexity index is 1270. The fourth-order valence-electron chi connectivity index (χ4n) is 5.27. The molecule has 0 radical (unpaired) electrons. The van der Waals surface area contributed by atoms with E-state index in [0.29, 0.717) is 36.2 Å². The topological polar surface area (TPSA) is 78.9 Å². The molecule has 6 heteroatoms. The Labute approximate surface area is 238 Å². The third kappa shape index (κ3) is 7.83. The minimum absolute atomic E-state index is 0.0233. The summed E-state index contributed by atoms with van der Waals surface area (Å²) in [6, 6.07) is 12.0. The summed E-state index contributed by atoms with van der Waals surface area (Å²) in [6.45, 7) is 5.96. The Morgan fingerprint density at radius 1 is 0.775 bits per heavy atom. The number of carbonyl (C=O) groups excluding carboxylic acids is 3. The van der Waals surface area contributed by atoms with Gasteiger partial charge < -0.3 is 14.2 Å². The minimum atomic E-state index is -0.306. The molecule has 0 heterocycles. The van der Waals surface area contributed by atoms with Crippen molar-refractivity contribution < 1.29 is 28.6 Å². The monoisotopic (exact) mass is 548 g/mol. The van der Waals surface area contributed by atoms with E-state index in [1.54, 1.807) is 14.0 Å². The minimum Gasteiger partial charge on any atom is -0.497 e. The lowest BCUT2D eigenvalue weighted by Crippen LogP contribution is -2.23. The first kappa shape index (κ1) is 31.1. The second-order valence-electron chi connectivity index (χ2n) is 10.6. The van der Waals surface area contributed by atoms with Crippen molar-refractivity contribution in [3.63, 3.8) is 0 Å². The Kier molecular flexibility index (Phi) is 12.0. The van der Waals surface area contributed by atoms with Gasteiger partial charge in [0.2, 0.25) is 5.78 Å². The van der Waals surface area contributed by atoms with Crippen LogP contribution in [-0.4, -0.2) is 38.4 Å². The largest absolute Gasteiger partial charge is 0.497 e. The number of ketones is 2. The molecule has 0 fully saturated rings. The number of hydrogen-bond acceptors (Lipinski definition) is 6. The lowest BCUT2D eigenvalue weighted by molar-refractivity contribution is -0.145. The molecule has 1 atom stereocenters.